The Morgan fingerprint density at radius 2 is 1.42 bits per heavy atom. The van der Waals surface area contributed by atoms with Gasteiger partial charge in [0.15, 0.2) is 0 Å². The van der Waals surface area contributed by atoms with Crippen LogP contribution in [-0.2, 0) is 0 Å². The van der Waals surface area contributed by atoms with Crippen LogP contribution in [0.4, 0.5) is 0 Å². The molecule has 0 aromatic carbocycles. The molecule has 0 nitrogen and oxygen atoms in total. The van der Waals surface area contributed by atoms with Crippen molar-refractivity contribution < 1.29 is 0 Å². The molecule has 1 rings (SSSR count). The molecule has 0 aliphatic heterocycles. The van der Waals surface area contributed by atoms with Gasteiger partial charge in [-0.1, -0.05) is 65.5 Å². The molecular formula is C23H44S. The molecule has 0 N–H and O–H groups in total. The van der Waals surface area contributed by atoms with Gasteiger partial charge in [-0.3, -0.25) is 0 Å². The Morgan fingerprint density at radius 3 is 2.00 bits per heavy atom. The first-order chi connectivity index (χ1) is 11.4. The van der Waals surface area contributed by atoms with Gasteiger partial charge in [-0.05, 0) is 75.0 Å². The van der Waals surface area contributed by atoms with Crippen LogP contribution in [0.1, 0.15) is 98.8 Å². The summed E-state index contributed by atoms with van der Waals surface area (Å²) in [6, 6.07) is 0. The predicted octanol–water partition coefficient (Wildman–Crippen LogP) is 7.94. The van der Waals surface area contributed by atoms with E-state index >= 15 is 0 Å². The van der Waals surface area contributed by atoms with Crippen LogP contribution in [0.15, 0.2) is 12.2 Å². The van der Waals surface area contributed by atoms with Crippen LogP contribution >= 0.6 is 12.6 Å². The summed E-state index contributed by atoms with van der Waals surface area (Å²) in [5, 5.41) is 0.683. The molecule has 24 heavy (non-hydrogen) atoms. The molecule has 0 amide bonds. The third-order valence-electron chi connectivity index (χ3n) is 6.77. The molecule has 142 valence electrons. The SMILES string of the molecule is C/C=C/CCC(C)CCC(C)C(C)CCC(C)C1CCC(S)CC1. The summed E-state index contributed by atoms with van der Waals surface area (Å²) < 4.78 is 0. The molecule has 4 atom stereocenters. The second kappa shape index (κ2) is 12.4. The van der Waals surface area contributed by atoms with Crippen molar-refractivity contribution in [1.29, 1.82) is 0 Å². The molecule has 1 saturated carbocycles. The van der Waals surface area contributed by atoms with E-state index in [2.05, 4.69) is 59.4 Å². The average molecular weight is 353 g/mol. The van der Waals surface area contributed by atoms with Crippen LogP contribution < -0.4 is 0 Å². The largest absolute Gasteiger partial charge is 0.176 e. The smallest absolute Gasteiger partial charge is 0.00170 e. The number of allylic oxidation sites excluding steroid dienone is 2. The van der Waals surface area contributed by atoms with E-state index in [9.17, 15) is 0 Å². The monoisotopic (exact) mass is 352 g/mol. The van der Waals surface area contributed by atoms with Gasteiger partial charge in [0, 0.05) is 5.25 Å². The quantitative estimate of drug-likeness (QED) is 0.283. The first-order valence-corrected chi connectivity index (χ1v) is 11.2. The molecule has 0 aromatic heterocycles. The Balaban J connectivity index is 2.17. The molecule has 0 bridgehead atoms. The lowest BCUT2D eigenvalue weighted by Gasteiger charge is -2.31. The second-order valence-electron chi connectivity index (χ2n) is 8.91. The van der Waals surface area contributed by atoms with Gasteiger partial charge in [0.2, 0.25) is 0 Å². The molecule has 0 heterocycles. The fourth-order valence-electron chi connectivity index (χ4n) is 4.24. The third kappa shape index (κ3) is 8.97. The Hall–Kier alpha value is 0.0900. The Kier molecular flexibility index (Phi) is 11.5. The molecule has 1 fully saturated rings. The van der Waals surface area contributed by atoms with Crippen molar-refractivity contribution in [1.82, 2.24) is 0 Å². The number of thiol groups is 1. The Bertz CT molecular complexity index is 327. The first-order valence-electron chi connectivity index (χ1n) is 10.7. The van der Waals surface area contributed by atoms with Crippen molar-refractivity contribution in [2.24, 2.45) is 29.6 Å². The Morgan fingerprint density at radius 1 is 0.833 bits per heavy atom. The molecule has 1 aliphatic rings. The fourth-order valence-corrected chi connectivity index (χ4v) is 4.54. The molecule has 0 radical (unpaired) electrons. The zero-order chi connectivity index (χ0) is 17.9. The van der Waals surface area contributed by atoms with Crippen molar-refractivity contribution >= 4 is 12.6 Å². The van der Waals surface area contributed by atoms with E-state index in [-0.39, 0.29) is 0 Å². The number of hydrogen-bond donors (Lipinski definition) is 1. The molecule has 0 saturated heterocycles. The van der Waals surface area contributed by atoms with Crippen LogP contribution in [0.25, 0.3) is 0 Å². The van der Waals surface area contributed by atoms with Crippen molar-refractivity contribution in [3.05, 3.63) is 12.2 Å². The van der Waals surface area contributed by atoms with Gasteiger partial charge >= 0.3 is 0 Å². The molecule has 0 aromatic rings. The van der Waals surface area contributed by atoms with E-state index < -0.39 is 0 Å². The first kappa shape index (κ1) is 22.1. The number of rotatable bonds is 11. The summed E-state index contributed by atoms with van der Waals surface area (Å²) in [6.45, 7) is 12.0. The number of hydrogen-bond acceptors (Lipinski definition) is 1. The highest BCUT2D eigenvalue weighted by Gasteiger charge is 2.24. The van der Waals surface area contributed by atoms with Crippen molar-refractivity contribution in [3.63, 3.8) is 0 Å². The van der Waals surface area contributed by atoms with Gasteiger partial charge in [0.05, 0.1) is 0 Å². The van der Waals surface area contributed by atoms with E-state index in [1.165, 1.54) is 64.2 Å². The maximum Gasteiger partial charge on any atom is 0.00170 e. The molecule has 0 spiro atoms. The standard InChI is InChI=1S/C23H44S/c1-6-7-8-9-18(2)10-11-19(3)20(4)12-13-21(5)22-14-16-23(24)17-15-22/h6-7,18-24H,8-17H2,1-5H3/b7-6+. The summed E-state index contributed by atoms with van der Waals surface area (Å²) in [6.07, 6.45) is 18.3. The summed E-state index contributed by atoms with van der Waals surface area (Å²) in [5.74, 6) is 4.54. The van der Waals surface area contributed by atoms with Gasteiger partial charge < -0.3 is 0 Å². The topological polar surface area (TPSA) is 0 Å². The van der Waals surface area contributed by atoms with Crippen molar-refractivity contribution in [3.8, 4) is 0 Å². The van der Waals surface area contributed by atoms with Gasteiger partial charge in [-0.15, -0.1) is 0 Å². The lowest BCUT2D eigenvalue weighted by Crippen LogP contribution is -2.21. The maximum atomic E-state index is 4.64. The average Bonchev–Trinajstić information content (AvgIpc) is 2.58. The Labute approximate surface area is 158 Å². The van der Waals surface area contributed by atoms with Crippen LogP contribution in [0, 0.1) is 29.6 Å². The van der Waals surface area contributed by atoms with Crippen LogP contribution in [0.5, 0.6) is 0 Å². The van der Waals surface area contributed by atoms with Crippen LogP contribution in [0.2, 0.25) is 0 Å². The van der Waals surface area contributed by atoms with Gasteiger partial charge in [-0.25, -0.2) is 0 Å². The molecular weight excluding hydrogens is 308 g/mol. The molecule has 1 heteroatoms. The molecule has 4 unspecified atom stereocenters. The lowest BCUT2D eigenvalue weighted by atomic mass is 9.76. The fraction of sp³-hybridized carbons (Fsp3) is 0.913. The van der Waals surface area contributed by atoms with Crippen LogP contribution in [-0.4, -0.2) is 5.25 Å². The minimum Gasteiger partial charge on any atom is -0.176 e. The van der Waals surface area contributed by atoms with Gasteiger partial charge in [-0.2, -0.15) is 12.6 Å². The zero-order valence-electron chi connectivity index (χ0n) is 17.1. The summed E-state index contributed by atoms with van der Waals surface area (Å²) in [5.41, 5.74) is 0. The third-order valence-corrected chi connectivity index (χ3v) is 7.29. The minimum atomic E-state index is 0.683. The highest BCUT2D eigenvalue weighted by molar-refractivity contribution is 7.80. The van der Waals surface area contributed by atoms with Crippen molar-refractivity contribution in [2.75, 3.05) is 0 Å². The van der Waals surface area contributed by atoms with E-state index in [0.29, 0.717) is 5.25 Å². The highest BCUT2D eigenvalue weighted by atomic mass is 32.1. The lowest BCUT2D eigenvalue weighted by molar-refractivity contribution is 0.226. The maximum absolute atomic E-state index is 4.64. The van der Waals surface area contributed by atoms with E-state index in [4.69, 9.17) is 0 Å². The predicted molar refractivity (Wildman–Crippen MR) is 114 cm³/mol. The van der Waals surface area contributed by atoms with Gasteiger partial charge in [0.1, 0.15) is 0 Å². The highest BCUT2D eigenvalue weighted by Crippen LogP contribution is 2.35. The summed E-state index contributed by atoms with van der Waals surface area (Å²) in [7, 11) is 0. The zero-order valence-corrected chi connectivity index (χ0v) is 18.0. The van der Waals surface area contributed by atoms with E-state index in [1.54, 1.807) is 0 Å². The second-order valence-corrected chi connectivity index (χ2v) is 9.64. The van der Waals surface area contributed by atoms with Crippen LogP contribution in [0.3, 0.4) is 0 Å². The summed E-state index contributed by atoms with van der Waals surface area (Å²) in [4.78, 5) is 0. The summed E-state index contributed by atoms with van der Waals surface area (Å²) >= 11 is 4.64. The normalized spacial score (nSPS) is 27.1. The van der Waals surface area contributed by atoms with E-state index in [0.717, 1.165) is 29.6 Å². The molecule has 1 aliphatic carbocycles. The van der Waals surface area contributed by atoms with E-state index in [1.807, 2.05) is 0 Å². The minimum absolute atomic E-state index is 0.683. The van der Waals surface area contributed by atoms with Gasteiger partial charge in [0.25, 0.3) is 0 Å². The van der Waals surface area contributed by atoms with Crippen molar-refractivity contribution in [2.45, 2.75) is 104 Å².